The lowest BCUT2D eigenvalue weighted by Gasteiger charge is -2.31. The molecule has 2 amide bonds. The van der Waals surface area contributed by atoms with E-state index in [0.29, 0.717) is 30.2 Å². The van der Waals surface area contributed by atoms with Gasteiger partial charge in [0.05, 0.1) is 14.2 Å². The number of nitrogens with one attached hydrogen (secondary N) is 1. The van der Waals surface area contributed by atoms with E-state index in [1.165, 1.54) is 0 Å². The van der Waals surface area contributed by atoms with Gasteiger partial charge in [0, 0.05) is 30.8 Å². The zero-order valence-electron chi connectivity index (χ0n) is 20.5. The number of carbonyl (C=O) groups excluding carboxylic acids is 2. The van der Waals surface area contributed by atoms with E-state index in [-0.39, 0.29) is 24.5 Å². The van der Waals surface area contributed by atoms with Crippen LogP contribution >= 0.6 is 0 Å². The Morgan fingerprint density at radius 1 is 0.939 bits per heavy atom. The highest BCUT2D eigenvalue weighted by Crippen LogP contribution is 2.27. The fourth-order valence-corrected chi connectivity index (χ4v) is 3.34. The summed E-state index contributed by atoms with van der Waals surface area (Å²) in [6, 6.07) is 12.5. The fraction of sp³-hybridized carbons (Fsp3) is 0.462. The summed E-state index contributed by atoms with van der Waals surface area (Å²) in [7, 11) is 3.10. The molecule has 180 valence electrons. The zero-order chi connectivity index (χ0) is 24.4. The minimum absolute atomic E-state index is 0.0309. The molecular weight excluding hydrogens is 420 g/mol. The molecule has 0 saturated carbocycles. The van der Waals surface area contributed by atoms with E-state index in [2.05, 4.69) is 5.32 Å². The molecular formula is C26H36N2O5. The molecule has 0 aliphatic heterocycles. The van der Waals surface area contributed by atoms with Gasteiger partial charge in [0.1, 0.15) is 23.3 Å². The maximum atomic E-state index is 13.3. The standard InChI is InChI=1S/C26H36N2O5/c1-7-19(4)27-26(30)24(8-2)28(16-20-11-9-18(3)10-12-20)25(29)17-33-23-14-21(31-5)13-22(15-23)32-6/h9-15,19,24H,7-8,16-17H2,1-6H3,(H,27,30)/t19-,24+/m0/s1. The summed E-state index contributed by atoms with van der Waals surface area (Å²) in [4.78, 5) is 27.9. The van der Waals surface area contributed by atoms with E-state index in [1.54, 1.807) is 37.3 Å². The van der Waals surface area contributed by atoms with E-state index in [0.717, 1.165) is 17.5 Å². The molecule has 1 N–H and O–H groups in total. The molecule has 0 aliphatic rings. The van der Waals surface area contributed by atoms with Gasteiger partial charge in [-0.05, 0) is 32.3 Å². The number of rotatable bonds is 12. The SMILES string of the molecule is CC[C@H](C(=O)N[C@@H](C)CC)N(Cc1ccc(C)cc1)C(=O)COc1cc(OC)cc(OC)c1. The molecule has 2 atom stereocenters. The van der Waals surface area contributed by atoms with E-state index in [1.807, 2.05) is 52.0 Å². The second-order valence-corrected chi connectivity index (χ2v) is 8.09. The van der Waals surface area contributed by atoms with Crippen molar-refractivity contribution >= 4 is 11.8 Å². The van der Waals surface area contributed by atoms with Crippen LogP contribution in [0.4, 0.5) is 0 Å². The van der Waals surface area contributed by atoms with Gasteiger partial charge in [0.25, 0.3) is 5.91 Å². The number of carbonyl (C=O) groups is 2. The number of nitrogens with zero attached hydrogens (tertiary/aromatic N) is 1. The number of hydrogen-bond donors (Lipinski definition) is 1. The third-order valence-corrected chi connectivity index (χ3v) is 5.55. The Balaban J connectivity index is 2.24. The van der Waals surface area contributed by atoms with E-state index >= 15 is 0 Å². The Hall–Kier alpha value is -3.22. The molecule has 7 nitrogen and oxygen atoms in total. The molecule has 0 heterocycles. The van der Waals surface area contributed by atoms with E-state index in [9.17, 15) is 9.59 Å². The van der Waals surface area contributed by atoms with Gasteiger partial charge in [0.15, 0.2) is 6.61 Å². The first-order chi connectivity index (χ1) is 15.8. The summed E-state index contributed by atoms with van der Waals surface area (Å²) in [6.45, 7) is 7.99. The second-order valence-electron chi connectivity index (χ2n) is 8.09. The predicted octanol–water partition coefficient (Wildman–Crippen LogP) is 4.11. The summed E-state index contributed by atoms with van der Waals surface area (Å²) >= 11 is 0. The van der Waals surface area contributed by atoms with Crippen LogP contribution in [0.1, 0.15) is 44.7 Å². The van der Waals surface area contributed by atoms with Crippen LogP contribution in [0.25, 0.3) is 0 Å². The molecule has 0 aliphatic carbocycles. The Kier molecular flexibility index (Phi) is 10.0. The average molecular weight is 457 g/mol. The van der Waals surface area contributed by atoms with Crippen LogP contribution in [-0.4, -0.2) is 49.6 Å². The molecule has 2 aromatic rings. The Morgan fingerprint density at radius 3 is 2.03 bits per heavy atom. The van der Waals surface area contributed by atoms with Gasteiger partial charge in [-0.2, -0.15) is 0 Å². The molecule has 0 fully saturated rings. The molecule has 0 bridgehead atoms. The summed E-state index contributed by atoms with van der Waals surface area (Å²) in [5, 5.41) is 3.01. The van der Waals surface area contributed by atoms with Crippen molar-refractivity contribution in [2.24, 2.45) is 0 Å². The number of ether oxygens (including phenoxy) is 3. The number of hydrogen-bond acceptors (Lipinski definition) is 5. The van der Waals surface area contributed by atoms with Crippen molar-refractivity contribution in [3.05, 3.63) is 53.6 Å². The highest BCUT2D eigenvalue weighted by molar-refractivity contribution is 5.88. The minimum atomic E-state index is -0.601. The molecule has 33 heavy (non-hydrogen) atoms. The summed E-state index contributed by atoms with van der Waals surface area (Å²) in [5.74, 6) is 1.14. The smallest absolute Gasteiger partial charge is 0.261 e. The van der Waals surface area contributed by atoms with Crippen molar-refractivity contribution in [3.8, 4) is 17.2 Å². The first-order valence-corrected chi connectivity index (χ1v) is 11.3. The lowest BCUT2D eigenvalue weighted by atomic mass is 10.1. The monoisotopic (exact) mass is 456 g/mol. The minimum Gasteiger partial charge on any atom is -0.496 e. The summed E-state index contributed by atoms with van der Waals surface area (Å²) in [5.41, 5.74) is 2.08. The van der Waals surface area contributed by atoms with Crippen LogP contribution in [0.3, 0.4) is 0 Å². The van der Waals surface area contributed by atoms with Crippen LogP contribution in [-0.2, 0) is 16.1 Å². The molecule has 0 radical (unpaired) electrons. The highest BCUT2D eigenvalue weighted by atomic mass is 16.5. The average Bonchev–Trinajstić information content (AvgIpc) is 2.83. The van der Waals surface area contributed by atoms with Crippen molar-refractivity contribution in [2.75, 3.05) is 20.8 Å². The maximum Gasteiger partial charge on any atom is 0.261 e. The van der Waals surface area contributed by atoms with Gasteiger partial charge < -0.3 is 24.4 Å². The number of aryl methyl sites for hydroxylation is 1. The van der Waals surface area contributed by atoms with Crippen molar-refractivity contribution in [1.82, 2.24) is 10.2 Å². The van der Waals surface area contributed by atoms with Crippen LogP contribution < -0.4 is 19.5 Å². The third-order valence-electron chi connectivity index (χ3n) is 5.55. The van der Waals surface area contributed by atoms with E-state index < -0.39 is 6.04 Å². The van der Waals surface area contributed by atoms with Crippen LogP contribution in [0.15, 0.2) is 42.5 Å². The largest absolute Gasteiger partial charge is 0.496 e. The molecule has 0 saturated heterocycles. The summed E-state index contributed by atoms with van der Waals surface area (Å²) < 4.78 is 16.3. The van der Waals surface area contributed by atoms with E-state index in [4.69, 9.17) is 14.2 Å². The number of benzene rings is 2. The second kappa shape index (κ2) is 12.7. The number of methoxy groups -OCH3 is 2. The Labute approximate surface area is 197 Å². The lowest BCUT2D eigenvalue weighted by Crippen LogP contribution is -2.51. The predicted molar refractivity (Wildman–Crippen MR) is 129 cm³/mol. The van der Waals surface area contributed by atoms with Gasteiger partial charge in [-0.1, -0.05) is 43.7 Å². The first kappa shape index (κ1) is 26.0. The topological polar surface area (TPSA) is 77.1 Å². The molecule has 0 unspecified atom stereocenters. The van der Waals surface area contributed by atoms with Gasteiger partial charge >= 0.3 is 0 Å². The zero-order valence-corrected chi connectivity index (χ0v) is 20.5. The Morgan fingerprint density at radius 2 is 1.52 bits per heavy atom. The maximum absolute atomic E-state index is 13.3. The van der Waals surface area contributed by atoms with Crippen molar-refractivity contribution in [2.45, 2.75) is 59.2 Å². The molecule has 0 aromatic heterocycles. The highest BCUT2D eigenvalue weighted by Gasteiger charge is 2.29. The fourth-order valence-electron chi connectivity index (χ4n) is 3.34. The third kappa shape index (κ3) is 7.70. The van der Waals surface area contributed by atoms with Crippen molar-refractivity contribution < 1.29 is 23.8 Å². The Bertz CT molecular complexity index is 891. The quantitative estimate of drug-likeness (QED) is 0.520. The normalized spacial score (nSPS) is 12.4. The molecule has 2 rings (SSSR count). The van der Waals surface area contributed by atoms with Gasteiger partial charge in [-0.15, -0.1) is 0 Å². The van der Waals surface area contributed by atoms with Crippen LogP contribution in [0.5, 0.6) is 17.2 Å². The van der Waals surface area contributed by atoms with Crippen molar-refractivity contribution in [3.63, 3.8) is 0 Å². The van der Waals surface area contributed by atoms with Crippen LogP contribution in [0, 0.1) is 6.92 Å². The van der Waals surface area contributed by atoms with Crippen molar-refractivity contribution in [1.29, 1.82) is 0 Å². The van der Waals surface area contributed by atoms with Gasteiger partial charge in [0.2, 0.25) is 5.91 Å². The van der Waals surface area contributed by atoms with Gasteiger partial charge in [-0.25, -0.2) is 0 Å². The molecule has 0 spiro atoms. The lowest BCUT2D eigenvalue weighted by molar-refractivity contribution is -0.143. The van der Waals surface area contributed by atoms with Gasteiger partial charge in [-0.3, -0.25) is 9.59 Å². The molecule has 2 aromatic carbocycles. The summed E-state index contributed by atoms with van der Waals surface area (Å²) in [6.07, 6.45) is 1.31. The molecule has 7 heteroatoms. The van der Waals surface area contributed by atoms with Crippen LogP contribution in [0.2, 0.25) is 0 Å². The number of amides is 2. The first-order valence-electron chi connectivity index (χ1n) is 11.3.